The Bertz CT molecular complexity index is 593. The Balaban J connectivity index is 1.97. The molecule has 2 nitrogen and oxygen atoms in total. The number of ketones is 1. The van der Waals surface area contributed by atoms with E-state index in [0.29, 0.717) is 16.3 Å². The van der Waals surface area contributed by atoms with Crippen LogP contribution in [0.15, 0.2) is 66.9 Å². The molecule has 0 saturated carbocycles. The third-order valence-corrected chi connectivity index (χ3v) is 2.85. The molecule has 2 aromatic carbocycles. The minimum Gasteiger partial charge on any atom is -0.359 e. The molecule has 0 aliphatic carbocycles. The Kier molecular flexibility index (Phi) is 4.37. The molecule has 0 fully saturated rings. The Morgan fingerprint density at radius 1 is 1.11 bits per heavy atom. The number of allylic oxidation sites excluding steroid dienone is 1. The summed E-state index contributed by atoms with van der Waals surface area (Å²) in [7, 11) is 0. The van der Waals surface area contributed by atoms with Gasteiger partial charge in [0.25, 0.3) is 0 Å². The van der Waals surface area contributed by atoms with Crippen molar-refractivity contribution < 1.29 is 4.79 Å². The predicted molar refractivity (Wildman–Crippen MR) is 79.6 cm³/mol. The third-order valence-electron chi connectivity index (χ3n) is 2.62. The first-order valence-corrected chi connectivity index (χ1v) is 6.31. The number of anilines is 1. The lowest BCUT2D eigenvalue weighted by Gasteiger charge is -2.09. The van der Waals surface area contributed by atoms with Crippen molar-refractivity contribution >= 4 is 23.1 Å². The van der Waals surface area contributed by atoms with Gasteiger partial charge in [0.2, 0.25) is 0 Å². The van der Waals surface area contributed by atoms with Crippen LogP contribution in [0, 0.1) is 0 Å². The van der Waals surface area contributed by atoms with Crippen LogP contribution in [0.5, 0.6) is 0 Å². The molecule has 96 valence electrons. The standard InChI is InChI=1S/C16H14ClNO/c1-12(18-15-9-5-8-14(17)11-15)10-16(19)13-6-3-2-4-7-13/h2-9,11,18H,1,10H2. The molecule has 2 aromatic rings. The number of halogens is 1. The Labute approximate surface area is 117 Å². The number of carbonyl (C=O) groups excluding carboxylic acids is 1. The second-order valence-corrected chi connectivity index (χ2v) is 4.64. The number of hydrogen-bond donors (Lipinski definition) is 1. The third kappa shape index (κ3) is 3.97. The van der Waals surface area contributed by atoms with Gasteiger partial charge in [-0.1, -0.05) is 54.6 Å². The molecule has 19 heavy (non-hydrogen) atoms. The van der Waals surface area contributed by atoms with Crippen LogP contribution in [-0.4, -0.2) is 5.78 Å². The number of hydrogen-bond acceptors (Lipinski definition) is 2. The second-order valence-electron chi connectivity index (χ2n) is 4.20. The highest BCUT2D eigenvalue weighted by molar-refractivity contribution is 6.30. The Hall–Kier alpha value is -2.06. The van der Waals surface area contributed by atoms with Crippen molar-refractivity contribution in [2.75, 3.05) is 5.32 Å². The van der Waals surface area contributed by atoms with Gasteiger partial charge in [-0.25, -0.2) is 0 Å². The van der Waals surface area contributed by atoms with Crippen LogP contribution in [0.4, 0.5) is 5.69 Å². The van der Waals surface area contributed by atoms with E-state index < -0.39 is 0 Å². The van der Waals surface area contributed by atoms with Gasteiger partial charge in [0.05, 0.1) is 6.42 Å². The quantitative estimate of drug-likeness (QED) is 0.809. The van der Waals surface area contributed by atoms with Crippen LogP contribution in [0.25, 0.3) is 0 Å². The molecule has 3 heteroatoms. The summed E-state index contributed by atoms with van der Waals surface area (Å²) >= 11 is 5.89. The molecule has 0 aromatic heterocycles. The fraction of sp³-hybridized carbons (Fsp3) is 0.0625. The molecule has 0 unspecified atom stereocenters. The van der Waals surface area contributed by atoms with Crippen molar-refractivity contribution in [2.45, 2.75) is 6.42 Å². The van der Waals surface area contributed by atoms with Crippen molar-refractivity contribution in [3.63, 3.8) is 0 Å². The average molecular weight is 272 g/mol. The van der Waals surface area contributed by atoms with E-state index in [0.717, 1.165) is 5.69 Å². The maximum Gasteiger partial charge on any atom is 0.168 e. The first-order valence-electron chi connectivity index (χ1n) is 5.94. The van der Waals surface area contributed by atoms with Gasteiger partial charge in [-0.15, -0.1) is 0 Å². The van der Waals surface area contributed by atoms with Crippen molar-refractivity contribution in [1.29, 1.82) is 0 Å². The maximum absolute atomic E-state index is 12.0. The summed E-state index contributed by atoms with van der Waals surface area (Å²) in [6.07, 6.45) is 0.260. The maximum atomic E-state index is 12.0. The molecule has 1 N–H and O–H groups in total. The van der Waals surface area contributed by atoms with Gasteiger partial charge in [0.15, 0.2) is 5.78 Å². The lowest BCUT2D eigenvalue weighted by atomic mass is 10.1. The van der Waals surface area contributed by atoms with Crippen molar-refractivity contribution in [3.05, 3.63) is 77.5 Å². The lowest BCUT2D eigenvalue weighted by molar-refractivity contribution is 0.0993. The molecule has 0 saturated heterocycles. The summed E-state index contributed by atoms with van der Waals surface area (Å²) in [4.78, 5) is 12.0. The minimum atomic E-state index is 0.0418. The van der Waals surface area contributed by atoms with Gasteiger partial charge in [-0.2, -0.15) is 0 Å². The van der Waals surface area contributed by atoms with Crippen LogP contribution in [-0.2, 0) is 0 Å². The van der Waals surface area contributed by atoms with Crippen LogP contribution in [0.3, 0.4) is 0 Å². The molecular weight excluding hydrogens is 258 g/mol. The second kappa shape index (κ2) is 6.21. The van der Waals surface area contributed by atoms with Gasteiger partial charge in [0, 0.05) is 22.0 Å². The molecule has 0 aliphatic rings. The molecule has 0 amide bonds. The monoisotopic (exact) mass is 271 g/mol. The zero-order valence-electron chi connectivity index (χ0n) is 10.4. The minimum absolute atomic E-state index is 0.0418. The van der Waals surface area contributed by atoms with E-state index in [2.05, 4.69) is 11.9 Å². The van der Waals surface area contributed by atoms with Gasteiger partial charge in [-0.05, 0) is 18.2 Å². The van der Waals surface area contributed by atoms with E-state index in [-0.39, 0.29) is 12.2 Å². The predicted octanol–water partition coefficient (Wildman–Crippen LogP) is 4.54. The summed E-state index contributed by atoms with van der Waals surface area (Å²) in [5.74, 6) is 0.0418. The Morgan fingerprint density at radius 2 is 1.84 bits per heavy atom. The highest BCUT2D eigenvalue weighted by Crippen LogP contribution is 2.17. The van der Waals surface area contributed by atoms with Crippen LogP contribution >= 0.6 is 11.6 Å². The van der Waals surface area contributed by atoms with Crippen molar-refractivity contribution in [3.8, 4) is 0 Å². The number of nitrogens with one attached hydrogen (secondary N) is 1. The first kappa shape index (κ1) is 13.4. The van der Waals surface area contributed by atoms with Crippen LogP contribution < -0.4 is 5.32 Å². The number of Topliss-reactive ketones (excluding diaryl/α,β-unsaturated/α-hetero) is 1. The van der Waals surface area contributed by atoms with Gasteiger partial charge in [-0.3, -0.25) is 4.79 Å². The molecule has 0 spiro atoms. The molecule has 2 rings (SSSR count). The molecule has 0 heterocycles. The fourth-order valence-electron chi connectivity index (χ4n) is 1.73. The number of rotatable bonds is 5. The molecule has 0 aliphatic heterocycles. The molecule has 0 radical (unpaired) electrons. The van der Waals surface area contributed by atoms with E-state index in [4.69, 9.17) is 11.6 Å². The fourth-order valence-corrected chi connectivity index (χ4v) is 1.92. The van der Waals surface area contributed by atoms with E-state index in [1.807, 2.05) is 30.3 Å². The SMILES string of the molecule is C=C(CC(=O)c1ccccc1)Nc1cccc(Cl)c1. The smallest absolute Gasteiger partial charge is 0.168 e. The van der Waals surface area contributed by atoms with Crippen LogP contribution in [0.2, 0.25) is 5.02 Å². The van der Waals surface area contributed by atoms with Crippen molar-refractivity contribution in [1.82, 2.24) is 0 Å². The average Bonchev–Trinajstić information content (AvgIpc) is 2.39. The van der Waals surface area contributed by atoms with Gasteiger partial charge < -0.3 is 5.32 Å². The normalized spacial score (nSPS) is 9.95. The lowest BCUT2D eigenvalue weighted by Crippen LogP contribution is -2.06. The zero-order valence-corrected chi connectivity index (χ0v) is 11.2. The summed E-state index contributed by atoms with van der Waals surface area (Å²) in [6, 6.07) is 16.5. The molecular formula is C16H14ClNO. The highest BCUT2D eigenvalue weighted by atomic mass is 35.5. The summed E-state index contributed by atoms with van der Waals surface area (Å²) < 4.78 is 0. The summed E-state index contributed by atoms with van der Waals surface area (Å²) in [6.45, 7) is 3.87. The molecule has 0 bridgehead atoms. The topological polar surface area (TPSA) is 29.1 Å². The van der Waals surface area contributed by atoms with Crippen LogP contribution in [0.1, 0.15) is 16.8 Å². The highest BCUT2D eigenvalue weighted by Gasteiger charge is 2.07. The first-order chi connectivity index (χ1) is 9.15. The van der Waals surface area contributed by atoms with E-state index >= 15 is 0 Å². The Morgan fingerprint density at radius 3 is 2.53 bits per heavy atom. The number of benzene rings is 2. The zero-order chi connectivity index (χ0) is 13.7. The molecule has 0 atom stereocenters. The van der Waals surface area contributed by atoms with E-state index in [9.17, 15) is 4.79 Å². The summed E-state index contributed by atoms with van der Waals surface area (Å²) in [5, 5.41) is 3.73. The number of carbonyl (C=O) groups is 1. The van der Waals surface area contributed by atoms with Gasteiger partial charge in [0.1, 0.15) is 0 Å². The largest absolute Gasteiger partial charge is 0.359 e. The summed E-state index contributed by atoms with van der Waals surface area (Å²) in [5.41, 5.74) is 2.17. The van der Waals surface area contributed by atoms with E-state index in [1.165, 1.54) is 0 Å². The van der Waals surface area contributed by atoms with E-state index in [1.54, 1.807) is 24.3 Å². The van der Waals surface area contributed by atoms with Gasteiger partial charge >= 0.3 is 0 Å². The van der Waals surface area contributed by atoms with Crippen molar-refractivity contribution in [2.24, 2.45) is 0 Å².